The van der Waals surface area contributed by atoms with Gasteiger partial charge < -0.3 is 14.4 Å². The maximum atomic E-state index is 13.5. The lowest BCUT2D eigenvalue weighted by Crippen LogP contribution is -2.38. The molecule has 2 saturated heterocycles. The van der Waals surface area contributed by atoms with Crippen molar-refractivity contribution in [2.24, 2.45) is 5.92 Å². The van der Waals surface area contributed by atoms with Crippen molar-refractivity contribution in [2.75, 3.05) is 18.0 Å². The number of carbonyl (C=O) groups is 2. The topological polar surface area (TPSA) is 71.3 Å². The zero-order valence-electron chi connectivity index (χ0n) is 17.0. The molecule has 1 aromatic heterocycles. The third kappa shape index (κ3) is 3.45. The molecule has 2 aromatic rings. The number of hydrogen-bond acceptors (Lipinski definition) is 4. The normalized spacial score (nSPS) is 24.2. The van der Waals surface area contributed by atoms with Crippen LogP contribution in [-0.4, -0.2) is 44.6 Å². The fraction of sp³-hybridized carbons (Fsp3) is 0.545. The number of anilines is 1. The minimum atomic E-state index is -0.309. The second kappa shape index (κ2) is 8.13. The number of carbonyl (C=O) groups excluding carboxylic acids is 2. The molecule has 8 heteroatoms. The molecule has 0 saturated carbocycles. The summed E-state index contributed by atoms with van der Waals surface area (Å²) in [6.07, 6.45) is 6.61. The van der Waals surface area contributed by atoms with Crippen molar-refractivity contribution in [3.63, 3.8) is 0 Å². The third-order valence-corrected chi connectivity index (χ3v) is 7.26. The summed E-state index contributed by atoms with van der Waals surface area (Å²) in [5.74, 6) is 1.76. The highest BCUT2D eigenvalue weighted by atomic mass is 79.9. The van der Waals surface area contributed by atoms with E-state index in [1.54, 1.807) is 4.90 Å². The van der Waals surface area contributed by atoms with Crippen LogP contribution in [0.1, 0.15) is 56.2 Å². The highest BCUT2D eigenvalue weighted by Crippen LogP contribution is 2.37. The highest BCUT2D eigenvalue weighted by molar-refractivity contribution is 9.10. The molecule has 2 amide bonds. The Bertz CT molecular complexity index is 974. The maximum absolute atomic E-state index is 13.5. The number of halogens is 1. The molecule has 4 heterocycles. The van der Waals surface area contributed by atoms with E-state index in [9.17, 15) is 9.59 Å². The number of aryl methyl sites for hydroxylation is 1. The van der Waals surface area contributed by atoms with E-state index in [1.807, 2.05) is 29.2 Å². The first-order valence-corrected chi connectivity index (χ1v) is 11.7. The van der Waals surface area contributed by atoms with Gasteiger partial charge in [0.25, 0.3) is 0 Å². The molecule has 2 unspecified atom stereocenters. The van der Waals surface area contributed by atoms with E-state index in [-0.39, 0.29) is 30.2 Å². The number of fused-ring (bicyclic) bond motifs is 1. The van der Waals surface area contributed by atoms with Crippen molar-refractivity contribution in [3.05, 3.63) is 40.4 Å². The predicted octanol–water partition coefficient (Wildman–Crippen LogP) is 3.48. The largest absolute Gasteiger partial charge is 0.332 e. The monoisotopic (exact) mass is 471 g/mol. The molecule has 30 heavy (non-hydrogen) atoms. The molecule has 3 aliphatic rings. The lowest BCUT2D eigenvalue weighted by molar-refractivity contribution is -0.136. The Hall–Kier alpha value is -2.22. The molecule has 0 radical (unpaired) electrons. The fourth-order valence-corrected chi connectivity index (χ4v) is 5.56. The van der Waals surface area contributed by atoms with Gasteiger partial charge in [-0.25, -0.2) is 0 Å². The van der Waals surface area contributed by atoms with Crippen molar-refractivity contribution in [2.45, 2.75) is 57.5 Å². The first-order chi connectivity index (χ1) is 14.6. The van der Waals surface area contributed by atoms with E-state index in [0.29, 0.717) is 6.54 Å². The Kier molecular flexibility index (Phi) is 5.35. The van der Waals surface area contributed by atoms with Crippen LogP contribution in [0.25, 0.3) is 0 Å². The zero-order chi connectivity index (χ0) is 20.7. The molecule has 2 fully saturated rings. The summed E-state index contributed by atoms with van der Waals surface area (Å²) in [6, 6.07) is 7.65. The molecule has 0 bridgehead atoms. The van der Waals surface area contributed by atoms with Gasteiger partial charge >= 0.3 is 0 Å². The van der Waals surface area contributed by atoms with Gasteiger partial charge in [0.05, 0.1) is 17.6 Å². The Morgan fingerprint density at radius 2 is 1.93 bits per heavy atom. The third-order valence-electron chi connectivity index (χ3n) is 6.59. The van der Waals surface area contributed by atoms with Crippen LogP contribution >= 0.6 is 15.9 Å². The molecule has 0 spiro atoms. The molecule has 1 aromatic carbocycles. The summed E-state index contributed by atoms with van der Waals surface area (Å²) in [7, 11) is 0. The van der Waals surface area contributed by atoms with Crippen LogP contribution in [0.2, 0.25) is 0 Å². The van der Waals surface area contributed by atoms with Crippen LogP contribution in [-0.2, 0) is 22.6 Å². The van der Waals surface area contributed by atoms with Crippen LogP contribution in [0.5, 0.6) is 0 Å². The van der Waals surface area contributed by atoms with Gasteiger partial charge in [-0.1, -0.05) is 18.6 Å². The number of hydrogen-bond donors (Lipinski definition) is 0. The van der Waals surface area contributed by atoms with Crippen LogP contribution in [0.3, 0.4) is 0 Å². The fourth-order valence-electron chi connectivity index (χ4n) is 5.06. The number of benzene rings is 1. The maximum Gasteiger partial charge on any atom is 0.228 e. The van der Waals surface area contributed by atoms with Crippen LogP contribution in [0.4, 0.5) is 5.69 Å². The number of amides is 2. The van der Waals surface area contributed by atoms with Gasteiger partial charge in [-0.2, -0.15) is 0 Å². The number of aromatic nitrogens is 3. The summed E-state index contributed by atoms with van der Waals surface area (Å²) >= 11 is 3.53. The van der Waals surface area contributed by atoms with E-state index in [4.69, 9.17) is 0 Å². The van der Waals surface area contributed by atoms with Gasteiger partial charge in [0.2, 0.25) is 11.8 Å². The molecular formula is C22H26BrN5O2. The van der Waals surface area contributed by atoms with Crippen molar-refractivity contribution < 1.29 is 9.59 Å². The summed E-state index contributed by atoms with van der Waals surface area (Å²) in [5, 5.41) is 8.94. The molecule has 2 atom stereocenters. The molecule has 7 nitrogen and oxygen atoms in total. The van der Waals surface area contributed by atoms with E-state index < -0.39 is 0 Å². The van der Waals surface area contributed by atoms with Crippen LogP contribution in [0, 0.1) is 5.92 Å². The lowest BCUT2D eigenvalue weighted by atomic mass is 10.1. The van der Waals surface area contributed by atoms with Crippen molar-refractivity contribution in [3.8, 4) is 0 Å². The van der Waals surface area contributed by atoms with Crippen molar-refractivity contribution in [1.29, 1.82) is 0 Å². The number of nitrogens with zero attached hydrogens (tertiary/aromatic N) is 5. The van der Waals surface area contributed by atoms with E-state index in [1.165, 1.54) is 6.42 Å². The van der Waals surface area contributed by atoms with Gasteiger partial charge in [-0.05, 0) is 53.7 Å². The SMILES string of the molecule is O=C1CC(C(=O)N2CCCC2c2nnc3n2CCCCC3)CN1c1ccccc1Br. The molecule has 3 aliphatic heterocycles. The molecule has 0 N–H and O–H groups in total. The summed E-state index contributed by atoms with van der Waals surface area (Å²) in [4.78, 5) is 29.9. The van der Waals surface area contributed by atoms with Crippen molar-refractivity contribution >= 4 is 33.4 Å². The number of para-hydroxylation sites is 1. The second-order valence-corrected chi connectivity index (χ2v) is 9.34. The average molecular weight is 472 g/mol. The quantitative estimate of drug-likeness (QED) is 0.686. The van der Waals surface area contributed by atoms with Gasteiger partial charge in [0, 0.05) is 36.9 Å². The summed E-state index contributed by atoms with van der Waals surface area (Å²) < 4.78 is 3.12. The van der Waals surface area contributed by atoms with E-state index >= 15 is 0 Å². The molecular weight excluding hydrogens is 446 g/mol. The smallest absolute Gasteiger partial charge is 0.228 e. The van der Waals surface area contributed by atoms with Gasteiger partial charge in [0.1, 0.15) is 5.82 Å². The van der Waals surface area contributed by atoms with Crippen LogP contribution < -0.4 is 4.90 Å². The molecule has 5 rings (SSSR count). The minimum Gasteiger partial charge on any atom is -0.332 e. The highest BCUT2D eigenvalue weighted by Gasteiger charge is 2.42. The molecule has 0 aliphatic carbocycles. The van der Waals surface area contributed by atoms with Gasteiger partial charge in [-0.15, -0.1) is 10.2 Å². The van der Waals surface area contributed by atoms with Crippen LogP contribution in [0.15, 0.2) is 28.7 Å². The zero-order valence-corrected chi connectivity index (χ0v) is 18.6. The Labute approximate surface area is 184 Å². The average Bonchev–Trinajstić information content (AvgIpc) is 3.43. The lowest BCUT2D eigenvalue weighted by Gasteiger charge is -2.27. The summed E-state index contributed by atoms with van der Waals surface area (Å²) in [5.41, 5.74) is 0.832. The predicted molar refractivity (Wildman–Crippen MR) is 116 cm³/mol. The number of rotatable bonds is 3. The Morgan fingerprint density at radius 3 is 2.80 bits per heavy atom. The second-order valence-electron chi connectivity index (χ2n) is 8.48. The Balaban J connectivity index is 1.36. The first kappa shape index (κ1) is 19.7. The molecule has 158 valence electrons. The minimum absolute atomic E-state index is 0.00680. The summed E-state index contributed by atoms with van der Waals surface area (Å²) in [6.45, 7) is 2.10. The van der Waals surface area contributed by atoms with E-state index in [0.717, 1.165) is 67.0 Å². The van der Waals surface area contributed by atoms with E-state index in [2.05, 4.69) is 30.7 Å². The van der Waals surface area contributed by atoms with Gasteiger partial charge in [0.15, 0.2) is 5.82 Å². The Morgan fingerprint density at radius 1 is 1.07 bits per heavy atom. The van der Waals surface area contributed by atoms with Crippen molar-refractivity contribution in [1.82, 2.24) is 19.7 Å². The number of likely N-dealkylation sites (tertiary alicyclic amines) is 1. The standard InChI is InChI=1S/C22H26BrN5O2/c23-16-7-3-4-8-17(16)28-14-15(13-20(28)29)22(30)26-12-6-9-18(26)21-25-24-19-10-2-1-5-11-27(19)21/h3-4,7-8,15,18H,1-2,5-6,9-14H2. The van der Waals surface area contributed by atoms with Gasteiger partial charge in [-0.3, -0.25) is 9.59 Å². The first-order valence-electron chi connectivity index (χ1n) is 10.9.